The Balaban J connectivity index is 1.22. The maximum Gasteiger partial charge on any atom is 0.246 e. The number of benzene rings is 2. The average Bonchev–Trinajstić information content (AvgIpc) is 3.77. The van der Waals surface area contributed by atoms with Crippen LogP contribution in [0.4, 0.5) is 0 Å². The number of hydrogen-bond donors (Lipinski definition) is 5. The number of carbonyl (C=O) groups is 4. The summed E-state index contributed by atoms with van der Waals surface area (Å²) in [6.07, 6.45) is 2.54. The Bertz CT molecular complexity index is 1690. The first-order valence-corrected chi connectivity index (χ1v) is 19.7. The zero-order valence-electron chi connectivity index (χ0n) is 32.5. The number of ether oxygens (including phenoxy) is 1. The third-order valence-electron chi connectivity index (χ3n) is 9.95. The molecule has 4 amide bonds. The van der Waals surface area contributed by atoms with Crippen molar-refractivity contribution in [3.63, 3.8) is 0 Å². The molecule has 0 saturated carbocycles. The highest BCUT2D eigenvalue weighted by Gasteiger charge is 2.44. The molecule has 2 aromatic carbocycles. The summed E-state index contributed by atoms with van der Waals surface area (Å²) < 4.78 is 5.93. The van der Waals surface area contributed by atoms with Crippen molar-refractivity contribution < 1.29 is 29.0 Å². The van der Waals surface area contributed by atoms with Crippen LogP contribution < -0.4 is 21.7 Å². The van der Waals surface area contributed by atoms with Gasteiger partial charge in [0, 0.05) is 45.4 Å². The first kappa shape index (κ1) is 42.6. The molecule has 0 spiro atoms. The number of aryl methyl sites for hydroxylation is 2. The van der Waals surface area contributed by atoms with Gasteiger partial charge in [-0.2, -0.15) is 0 Å². The van der Waals surface area contributed by atoms with E-state index < -0.39 is 23.6 Å². The van der Waals surface area contributed by atoms with Crippen LogP contribution in [-0.4, -0.2) is 82.5 Å². The molecule has 1 fully saturated rings. The van der Waals surface area contributed by atoms with Gasteiger partial charge in [-0.15, -0.1) is 11.3 Å². The van der Waals surface area contributed by atoms with Crippen LogP contribution in [0.3, 0.4) is 0 Å². The zero-order chi connectivity index (χ0) is 39.4. The number of amides is 4. The number of likely N-dealkylation sites (tertiary alicyclic amines) is 1. The highest BCUT2D eigenvalue weighted by atomic mass is 32.1. The molecule has 12 nitrogen and oxygen atoms in total. The molecule has 3 aromatic rings. The summed E-state index contributed by atoms with van der Waals surface area (Å²) in [5, 5.41) is 19.0. The molecule has 2 heterocycles. The molecule has 1 aliphatic heterocycles. The van der Waals surface area contributed by atoms with Crippen molar-refractivity contribution in [3.8, 4) is 10.4 Å². The molecule has 0 aliphatic carbocycles. The lowest BCUT2D eigenvalue weighted by Crippen LogP contribution is -2.57. The number of aliphatic hydroxyl groups is 1. The van der Waals surface area contributed by atoms with Crippen LogP contribution in [-0.2, 0) is 43.5 Å². The van der Waals surface area contributed by atoms with Crippen LogP contribution in [0.5, 0.6) is 0 Å². The van der Waals surface area contributed by atoms with E-state index >= 15 is 0 Å². The van der Waals surface area contributed by atoms with Crippen LogP contribution in [0.1, 0.15) is 88.6 Å². The monoisotopic (exact) mass is 762 g/mol. The Morgan fingerprint density at radius 1 is 1.00 bits per heavy atom. The third kappa shape index (κ3) is 12.4. The van der Waals surface area contributed by atoms with Crippen molar-refractivity contribution in [2.45, 2.75) is 123 Å². The van der Waals surface area contributed by atoms with Crippen LogP contribution in [0.25, 0.3) is 10.4 Å². The van der Waals surface area contributed by atoms with E-state index in [-0.39, 0.29) is 61.7 Å². The fourth-order valence-electron chi connectivity index (χ4n) is 6.44. The number of carbonyl (C=O) groups excluding carboxylic acids is 4. The maximum atomic E-state index is 14.0. The fraction of sp³-hybridized carbons (Fsp3) is 0.537. The second-order valence-corrected chi connectivity index (χ2v) is 16.2. The Labute approximate surface area is 323 Å². The molecular formula is C41H58N6O6S. The van der Waals surface area contributed by atoms with Crippen molar-refractivity contribution in [2.24, 2.45) is 11.1 Å². The number of aliphatic hydroxyl groups excluding tert-OH is 1. The molecule has 6 N–H and O–H groups in total. The van der Waals surface area contributed by atoms with Crippen molar-refractivity contribution in [2.75, 3.05) is 13.6 Å². The number of hydrogen-bond acceptors (Lipinski definition) is 9. The fourth-order valence-corrected chi connectivity index (χ4v) is 7.25. The minimum atomic E-state index is -0.865. The molecule has 4 rings (SSSR count). The van der Waals surface area contributed by atoms with E-state index in [0.29, 0.717) is 25.9 Å². The molecular weight excluding hydrogens is 705 g/mol. The van der Waals surface area contributed by atoms with E-state index in [0.717, 1.165) is 45.7 Å². The number of β-amino-alcohol motifs (C(OH)–C–C–N with tert-alkyl or cyclic N) is 1. The van der Waals surface area contributed by atoms with E-state index in [4.69, 9.17) is 10.5 Å². The van der Waals surface area contributed by atoms with Crippen molar-refractivity contribution in [1.82, 2.24) is 25.8 Å². The van der Waals surface area contributed by atoms with Crippen LogP contribution >= 0.6 is 11.3 Å². The number of rotatable bonds is 18. The summed E-state index contributed by atoms with van der Waals surface area (Å²) in [5.74, 6) is -0.974. The quantitative estimate of drug-likeness (QED) is 0.119. The van der Waals surface area contributed by atoms with Crippen molar-refractivity contribution >= 4 is 35.0 Å². The van der Waals surface area contributed by atoms with Gasteiger partial charge in [0.15, 0.2) is 0 Å². The Morgan fingerprint density at radius 3 is 2.30 bits per heavy atom. The molecule has 1 aromatic heterocycles. The topological polar surface area (TPSA) is 176 Å². The van der Waals surface area contributed by atoms with Gasteiger partial charge in [0.2, 0.25) is 23.6 Å². The van der Waals surface area contributed by atoms with Crippen molar-refractivity contribution in [1.29, 1.82) is 0 Å². The molecule has 5 atom stereocenters. The zero-order valence-corrected chi connectivity index (χ0v) is 33.3. The standard InChI is InChI=1S/C41H58N6O6S/c1-26-37(54-25-45-26)31-17-15-29(16-18-31)22-44-39(51)34-21-32(48)23-47(34)40(52)38(41(3,4)5)46-36(50)10-8-7-9-28-11-13-30(14-12-28)24-53-27(2)33(42)19-20-35(49)43-6/h11-18,25,27,32-34,38,48H,7-10,19-24,42H2,1-6H3,(H,43,49)(H,44,51)(H,46,50)/t27-,32-,33+,34+,38-/m1/s1. The van der Waals surface area contributed by atoms with Gasteiger partial charge in [0.25, 0.3) is 0 Å². The van der Waals surface area contributed by atoms with Crippen LogP contribution in [0, 0.1) is 12.3 Å². The van der Waals surface area contributed by atoms with Gasteiger partial charge in [0.05, 0.1) is 34.9 Å². The second-order valence-electron chi connectivity index (χ2n) is 15.4. The highest BCUT2D eigenvalue weighted by Crippen LogP contribution is 2.28. The molecule has 1 saturated heterocycles. The third-order valence-corrected chi connectivity index (χ3v) is 10.9. The summed E-state index contributed by atoms with van der Waals surface area (Å²) >= 11 is 1.58. The lowest BCUT2D eigenvalue weighted by atomic mass is 9.85. The number of aromatic nitrogens is 1. The average molecular weight is 763 g/mol. The number of thiazole rings is 1. The maximum absolute atomic E-state index is 14.0. The molecule has 0 bridgehead atoms. The first-order chi connectivity index (χ1) is 25.7. The number of nitrogens with one attached hydrogen (secondary N) is 3. The lowest BCUT2D eigenvalue weighted by molar-refractivity contribution is -0.144. The molecule has 1 aliphatic rings. The van der Waals surface area contributed by atoms with Gasteiger partial charge in [-0.3, -0.25) is 19.2 Å². The summed E-state index contributed by atoms with van der Waals surface area (Å²) in [7, 11) is 1.61. The molecule has 13 heteroatoms. The number of nitrogens with zero attached hydrogens (tertiary/aromatic N) is 2. The highest BCUT2D eigenvalue weighted by molar-refractivity contribution is 7.13. The molecule has 0 unspecified atom stereocenters. The minimum absolute atomic E-state index is 0.0267. The largest absolute Gasteiger partial charge is 0.391 e. The Hall–Kier alpha value is -4.17. The SMILES string of the molecule is CNC(=O)CC[C@H](N)[C@@H](C)OCc1ccc(CCCCC(=O)N[C@H](C(=O)N2C[C@H](O)C[C@H]2C(=O)NCc2ccc(-c3scnc3C)cc2)C(C)(C)C)cc1. The van der Waals surface area contributed by atoms with E-state index in [1.54, 1.807) is 18.4 Å². The van der Waals surface area contributed by atoms with Gasteiger partial charge in [-0.1, -0.05) is 69.3 Å². The summed E-state index contributed by atoms with van der Waals surface area (Å²) in [4.78, 5) is 58.8. The van der Waals surface area contributed by atoms with E-state index in [1.807, 2.05) is 76.5 Å². The first-order valence-electron chi connectivity index (χ1n) is 18.9. The van der Waals surface area contributed by atoms with E-state index in [9.17, 15) is 24.3 Å². The normalized spacial score (nSPS) is 17.4. The van der Waals surface area contributed by atoms with Crippen LogP contribution in [0.2, 0.25) is 0 Å². The van der Waals surface area contributed by atoms with Gasteiger partial charge in [-0.05, 0) is 67.2 Å². The molecule has 294 valence electrons. The van der Waals surface area contributed by atoms with E-state index in [2.05, 4.69) is 33.1 Å². The Morgan fingerprint density at radius 2 is 1.67 bits per heavy atom. The van der Waals surface area contributed by atoms with E-state index in [1.165, 1.54) is 4.90 Å². The minimum Gasteiger partial charge on any atom is -0.391 e. The predicted molar refractivity (Wildman–Crippen MR) is 211 cm³/mol. The lowest BCUT2D eigenvalue weighted by Gasteiger charge is -2.35. The van der Waals surface area contributed by atoms with Crippen molar-refractivity contribution in [3.05, 3.63) is 76.4 Å². The molecule has 0 radical (unpaired) electrons. The Kier molecular flexibility index (Phi) is 15.7. The molecule has 54 heavy (non-hydrogen) atoms. The van der Waals surface area contributed by atoms with Gasteiger partial charge in [0.1, 0.15) is 12.1 Å². The summed E-state index contributed by atoms with van der Waals surface area (Å²) in [6.45, 7) is 10.3. The van der Waals surface area contributed by atoms with Gasteiger partial charge >= 0.3 is 0 Å². The van der Waals surface area contributed by atoms with Crippen LogP contribution in [0.15, 0.2) is 54.0 Å². The van der Waals surface area contributed by atoms with Gasteiger partial charge < -0.3 is 36.4 Å². The summed E-state index contributed by atoms with van der Waals surface area (Å²) in [5.41, 5.74) is 12.5. The van der Waals surface area contributed by atoms with Gasteiger partial charge in [-0.25, -0.2) is 4.98 Å². The smallest absolute Gasteiger partial charge is 0.246 e. The summed E-state index contributed by atoms with van der Waals surface area (Å²) in [6, 6.07) is 14.1. The predicted octanol–water partition coefficient (Wildman–Crippen LogP) is 4.40. The number of nitrogens with two attached hydrogens (primary N) is 1. The number of unbranched alkanes of at least 4 members (excludes halogenated alkanes) is 1. The second kappa shape index (κ2) is 19.9.